The zero-order valence-electron chi connectivity index (χ0n) is 78.3. The Morgan fingerprint density at radius 1 is 0.217 bits per heavy atom. The van der Waals surface area contributed by atoms with Crippen LogP contribution in [0.4, 0.5) is 0 Å². The van der Waals surface area contributed by atoms with Crippen molar-refractivity contribution in [2.24, 2.45) is 0 Å². The number of rotatable bonds is 13. The van der Waals surface area contributed by atoms with Crippen molar-refractivity contribution in [3.05, 3.63) is 493 Å². The maximum Gasteiger partial charge on any atom is 0.182 e. The Morgan fingerprint density at radius 3 is 1.10 bits per heavy atom. The number of fused-ring (bicyclic) bond motifs is 28. The second-order valence-corrected chi connectivity index (χ2v) is 37.3. The summed E-state index contributed by atoms with van der Waals surface area (Å²) >= 11 is 0. The topological polar surface area (TPSA) is 168 Å². The molecule has 13 nitrogen and oxygen atoms in total. The van der Waals surface area contributed by atoms with Crippen LogP contribution < -0.4 is 0 Å². The van der Waals surface area contributed by atoms with E-state index in [1.165, 1.54) is 105 Å². The molecule has 25 aromatic rings. The maximum absolute atomic E-state index is 6.70. The van der Waals surface area contributed by atoms with E-state index in [9.17, 15) is 0 Å². The van der Waals surface area contributed by atoms with Crippen LogP contribution in [0.15, 0.2) is 456 Å². The van der Waals surface area contributed by atoms with Crippen LogP contribution in [-0.2, 0) is 16.2 Å². The molecule has 0 radical (unpaired) electrons. The standard InChI is InChI=1S/C52H31N3O.C40H26N4O.C38H29N3O/c1-3-14-32(15-4-1)49-53-50(33-16-5-2-6-17-33)55-51(54-49)36-19-13-18-34(30-36)35-26-27-39-44(31-35)52(41-23-10-7-20-37(41)38-21-8-11-24-42(38)52)43-28-29-46-48(47(39)43)40-22-9-12-25-45(40)56-46;1-40(27-14-6-3-7-15-27)30-21-22-34-36(29-16-8-9-18-33(29)45-34)35(30)28-20-19-26(24-31(28)40)38-42-37(25-12-4-2-5-13-25)43-39(44-38)32-17-10-11-23-41-32;1-3-38(4-2)29-21-12-11-18-26(29)32-30(38)22-23-31-33(32)27-19-13-20-28(34(27)42-31)37-40-35(24-14-7-5-8-15-24)39-36(41-37)25-16-9-6-10-17-25/h1-31H;2-24H,1H3;5-23H,3-4H2,1-2H3. The monoisotopic (exact) mass is 1830 g/mol. The van der Waals surface area contributed by atoms with E-state index in [1.54, 1.807) is 6.20 Å². The van der Waals surface area contributed by atoms with Gasteiger partial charge in [-0.1, -0.05) is 384 Å². The maximum atomic E-state index is 6.70. The van der Waals surface area contributed by atoms with E-state index in [0.29, 0.717) is 58.1 Å². The molecule has 0 saturated carbocycles. The second-order valence-electron chi connectivity index (χ2n) is 37.3. The lowest BCUT2D eigenvalue weighted by Crippen LogP contribution is -2.25. The zero-order valence-corrected chi connectivity index (χ0v) is 78.3. The summed E-state index contributed by atoms with van der Waals surface area (Å²) in [5.74, 6) is 5.57. The highest BCUT2D eigenvalue weighted by Gasteiger charge is 2.53. The Morgan fingerprint density at radius 2 is 0.573 bits per heavy atom. The Kier molecular flexibility index (Phi) is 19.8. The van der Waals surface area contributed by atoms with Gasteiger partial charge in [-0.2, -0.15) is 0 Å². The van der Waals surface area contributed by atoms with E-state index in [-0.39, 0.29) is 5.41 Å². The lowest BCUT2D eigenvalue weighted by atomic mass is 9.70. The Bertz CT molecular complexity index is 9170. The predicted molar refractivity (Wildman–Crippen MR) is 574 cm³/mol. The van der Waals surface area contributed by atoms with Crippen LogP contribution in [0, 0.1) is 0 Å². The van der Waals surface area contributed by atoms with Gasteiger partial charge in [-0.05, 0) is 192 Å². The highest BCUT2D eigenvalue weighted by molar-refractivity contribution is 6.20. The highest BCUT2D eigenvalue weighted by Crippen LogP contribution is 2.66. The number of benzene rings is 18. The summed E-state index contributed by atoms with van der Waals surface area (Å²) in [6.45, 7) is 6.94. The first-order valence-corrected chi connectivity index (χ1v) is 48.8. The average molecular weight is 1840 g/mol. The number of aromatic nitrogens is 10. The molecule has 143 heavy (non-hydrogen) atoms. The van der Waals surface area contributed by atoms with Crippen LogP contribution in [0.3, 0.4) is 0 Å². The molecule has 7 aromatic heterocycles. The van der Waals surface area contributed by atoms with Crippen LogP contribution in [0.1, 0.15) is 83.7 Å². The summed E-state index contributed by atoms with van der Waals surface area (Å²) in [5, 5.41) is 6.84. The quantitative estimate of drug-likeness (QED) is 0.107. The molecule has 0 amide bonds. The number of hydrogen-bond acceptors (Lipinski definition) is 13. The first-order chi connectivity index (χ1) is 70.6. The van der Waals surface area contributed by atoms with Gasteiger partial charge in [-0.25, -0.2) is 44.9 Å². The summed E-state index contributed by atoms with van der Waals surface area (Å²) in [7, 11) is 0. The summed E-state index contributed by atoms with van der Waals surface area (Å²) < 4.78 is 19.5. The van der Waals surface area contributed by atoms with Crippen molar-refractivity contribution < 1.29 is 13.3 Å². The molecule has 0 fully saturated rings. The van der Waals surface area contributed by atoms with E-state index in [2.05, 4.69) is 274 Å². The molecule has 18 aromatic carbocycles. The van der Waals surface area contributed by atoms with Crippen LogP contribution in [0.2, 0.25) is 0 Å². The number of nitrogens with zero attached hydrogens (tertiary/aromatic N) is 10. The normalized spacial score (nSPS) is 13.9. The predicted octanol–water partition coefficient (Wildman–Crippen LogP) is 32.1. The fourth-order valence-corrected chi connectivity index (χ4v) is 23.2. The van der Waals surface area contributed by atoms with E-state index in [1.807, 2.05) is 188 Å². The molecule has 4 aliphatic carbocycles. The summed E-state index contributed by atoms with van der Waals surface area (Å²) in [6.07, 6.45) is 3.87. The molecule has 29 rings (SSSR count). The minimum Gasteiger partial charge on any atom is -0.456 e. The van der Waals surface area contributed by atoms with E-state index < -0.39 is 10.8 Å². The SMILES string of the molecule is CC1(c2ccccc2)c2cc(-c3nc(-c4ccccc4)nc(-c4ccccn4)n3)ccc2-c2c1ccc1oc3ccccc3c21.CCC1(CC)c2ccccc2-c2c1ccc1oc3c(-c4nc(-c5ccccc5)nc(-c5ccccc5)n4)cccc3c21.c1ccc(-c2nc(-c3ccccc3)nc(-c3cccc(-c4ccc5c(c4)C4(c6ccccc6-c6ccccc64)c4ccc6oc7ccccc7c6c4-5)c3)n2)cc1. The van der Waals surface area contributed by atoms with Gasteiger partial charge in [0.1, 0.15) is 39.2 Å². The molecule has 1 unspecified atom stereocenters. The van der Waals surface area contributed by atoms with Crippen LogP contribution in [0.5, 0.6) is 0 Å². The van der Waals surface area contributed by atoms with Gasteiger partial charge in [-0.3, -0.25) is 4.98 Å². The molecule has 1 atom stereocenters. The third-order valence-electron chi connectivity index (χ3n) is 29.9. The molecule has 0 N–H and O–H groups in total. The van der Waals surface area contributed by atoms with Gasteiger partial charge in [0.15, 0.2) is 52.4 Å². The van der Waals surface area contributed by atoms with Crippen LogP contribution >= 0.6 is 0 Å². The molecule has 13 heteroatoms. The second kappa shape index (κ2) is 33.7. The molecule has 674 valence electrons. The highest BCUT2D eigenvalue weighted by atomic mass is 16.3. The zero-order chi connectivity index (χ0) is 95.0. The Hall–Kier alpha value is -18.5. The van der Waals surface area contributed by atoms with Gasteiger partial charge < -0.3 is 13.3 Å². The Labute approximate surface area is 824 Å². The smallest absolute Gasteiger partial charge is 0.182 e. The number of hydrogen-bond donors (Lipinski definition) is 0. The van der Waals surface area contributed by atoms with Crippen molar-refractivity contribution in [1.29, 1.82) is 0 Å². The van der Waals surface area contributed by atoms with Crippen molar-refractivity contribution >= 4 is 65.8 Å². The molecule has 7 heterocycles. The number of para-hydroxylation sites is 3. The van der Waals surface area contributed by atoms with E-state index in [4.69, 9.17) is 58.1 Å². The largest absolute Gasteiger partial charge is 0.456 e. The summed E-state index contributed by atoms with van der Waals surface area (Å²) in [4.78, 5) is 49.3. The van der Waals surface area contributed by atoms with Gasteiger partial charge in [0, 0.05) is 88.3 Å². The first-order valence-electron chi connectivity index (χ1n) is 48.8. The molecule has 4 aliphatic rings. The summed E-state index contributed by atoms with van der Waals surface area (Å²) in [5.41, 5.74) is 36.5. The van der Waals surface area contributed by atoms with Crippen molar-refractivity contribution in [3.63, 3.8) is 0 Å². The van der Waals surface area contributed by atoms with Gasteiger partial charge in [0.25, 0.3) is 0 Å². The molecule has 1 spiro atoms. The molecule has 0 aliphatic heterocycles. The van der Waals surface area contributed by atoms with Gasteiger partial charge >= 0.3 is 0 Å². The van der Waals surface area contributed by atoms with Gasteiger partial charge in [0.2, 0.25) is 0 Å². The van der Waals surface area contributed by atoms with Gasteiger partial charge in [-0.15, -0.1) is 0 Å². The van der Waals surface area contributed by atoms with Crippen molar-refractivity contribution in [2.45, 2.75) is 49.9 Å². The third-order valence-corrected chi connectivity index (χ3v) is 29.9. The Balaban J connectivity index is 0.000000108. The minimum atomic E-state index is -0.499. The van der Waals surface area contributed by atoms with E-state index >= 15 is 0 Å². The fourth-order valence-electron chi connectivity index (χ4n) is 23.2. The number of pyridine rings is 1. The van der Waals surface area contributed by atoms with E-state index in [0.717, 1.165) is 124 Å². The van der Waals surface area contributed by atoms with Gasteiger partial charge in [0.05, 0.1) is 11.0 Å². The summed E-state index contributed by atoms with van der Waals surface area (Å²) in [6, 6.07) is 152. The lowest BCUT2D eigenvalue weighted by molar-refractivity contribution is 0.490. The van der Waals surface area contributed by atoms with Crippen LogP contribution in [-0.4, -0.2) is 49.8 Å². The fraction of sp³-hybridized carbons (Fsp3) is 0.0615. The molecule has 0 saturated heterocycles. The molecular formula is C130H86N10O3. The van der Waals surface area contributed by atoms with Crippen molar-refractivity contribution in [3.8, 4) is 158 Å². The average Bonchev–Trinajstić information content (AvgIpc) is 1.50. The molecular weight excluding hydrogens is 1750 g/mol. The number of furan rings is 3. The van der Waals surface area contributed by atoms with Crippen LogP contribution in [0.25, 0.3) is 224 Å². The third kappa shape index (κ3) is 13.4. The first kappa shape index (κ1) is 83.9. The lowest BCUT2D eigenvalue weighted by Gasteiger charge is -2.30. The van der Waals surface area contributed by atoms with Crippen molar-refractivity contribution in [1.82, 2.24) is 49.8 Å². The minimum absolute atomic E-state index is 0.00466. The molecule has 0 bridgehead atoms. The van der Waals surface area contributed by atoms with Crippen molar-refractivity contribution in [2.75, 3.05) is 0 Å².